The molecule has 0 atom stereocenters. The van der Waals surface area contributed by atoms with Gasteiger partial charge in [0.1, 0.15) is 17.4 Å². The van der Waals surface area contributed by atoms with E-state index < -0.39 is 17.6 Å². The van der Waals surface area contributed by atoms with Crippen LogP contribution in [-0.4, -0.2) is 18.2 Å². The van der Waals surface area contributed by atoms with Crippen LogP contribution in [0, 0.1) is 18.6 Å². The lowest BCUT2D eigenvalue weighted by atomic mass is 9.97. The van der Waals surface area contributed by atoms with Crippen molar-refractivity contribution in [3.05, 3.63) is 53.1 Å². The van der Waals surface area contributed by atoms with Crippen molar-refractivity contribution in [1.29, 1.82) is 0 Å². The van der Waals surface area contributed by atoms with Crippen LogP contribution in [-0.2, 0) is 0 Å². The summed E-state index contributed by atoms with van der Waals surface area (Å²) in [5.74, 6) is -2.33. The van der Waals surface area contributed by atoms with Crippen LogP contribution >= 0.6 is 0 Å². The van der Waals surface area contributed by atoms with E-state index in [0.717, 1.165) is 6.07 Å². The van der Waals surface area contributed by atoms with Crippen molar-refractivity contribution in [1.82, 2.24) is 0 Å². The zero-order chi connectivity index (χ0) is 14.9. The molecule has 0 unspecified atom stereocenters. The molecule has 0 bridgehead atoms. The second kappa shape index (κ2) is 5.28. The summed E-state index contributed by atoms with van der Waals surface area (Å²) in [4.78, 5) is 11.3. The van der Waals surface area contributed by atoms with Crippen molar-refractivity contribution in [2.75, 3.05) is 7.11 Å². The molecule has 0 amide bonds. The molecule has 0 saturated heterocycles. The largest absolute Gasteiger partial charge is 0.497 e. The number of rotatable bonds is 3. The Kier molecular flexibility index (Phi) is 3.70. The maximum atomic E-state index is 13.9. The number of aromatic carboxylic acids is 1. The first-order chi connectivity index (χ1) is 9.43. The van der Waals surface area contributed by atoms with E-state index in [1.54, 1.807) is 0 Å². The molecular formula is C15H12F2O3. The summed E-state index contributed by atoms with van der Waals surface area (Å²) in [6.07, 6.45) is 0. The molecule has 0 aliphatic carbocycles. The van der Waals surface area contributed by atoms with Crippen LogP contribution in [0.15, 0.2) is 30.3 Å². The highest BCUT2D eigenvalue weighted by molar-refractivity contribution is 5.96. The van der Waals surface area contributed by atoms with Gasteiger partial charge in [-0.3, -0.25) is 0 Å². The van der Waals surface area contributed by atoms with Crippen molar-refractivity contribution in [3.8, 4) is 16.9 Å². The van der Waals surface area contributed by atoms with Crippen LogP contribution in [0.2, 0.25) is 0 Å². The fourth-order valence-electron chi connectivity index (χ4n) is 1.93. The monoisotopic (exact) mass is 278 g/mol. The highest BCUT2D eigenvalue weighted by Crippen LogP contribution is 2.31. The molecule has 2 aromatic carbocycles. The van der Waals surface area contributed by atoms with Gasteiger partial charge in [0.05, 0.1) is 12.7 Å². The van der Waals surface area contributed by atoms with Gasteiger partial charge < -0.3 is 9.84 Å². The number of methoxy groups -OCH3 is 1. The number of aryl methyl sites for hydroxylation is 1. The zero-order valence-electron chi connectivity index (χ0n) is 10.9. The summed E-state index contributed by atoms with van der Waals surface area (Å²) < 4.78 is 32.1. The fraction of sp³-hybridized carbons (Fsp3) is 0.133. The molecule has 0 spiro atoms. The van der Waals surface area contributed by atoms with Crippen molar-refractivity contribution in [2.45, 2.75) is 6.92 Å². The molecule has 1 N–H and O–H groups in total. The van der Waals surface area contributed by atoms with Gasteiger partial charge in [-0.15, -0.1) is 0 Å². The zero-order valence-corrected chi connectivity index (χ0v) is 10.9. The van der Waals surface area contributed by atoms with Crippen LogP contribution < -0.4 is 4.74 Å². The maximum absolute atomic E-state index is 13.9. The Morgan fingerprint density at radius 2 is 1.80 bits per heavy atom. The van der Waals surface area contributed by atoms with Crippen LogP contribution in [0.25, 0.3) is 11.1 Å². The lowest BCUT2D eigenvalue weighted by molar-refractivity contribution is 0.0697. The minimum Gasteiger partial charge on any atom is -0.497 e. The first-order valence-corrected chi connectivity index (χ1v) is 5.81. The summed E-state index contributed by atoms with van der Waals surface area (Å²) in [7, 11) is 1.41. The fourth-order valence-corrected chi connectivity index (χ4v) is 1.93. The molecule has 2 aromatic rings. The molecule has 0 saturated carbocycles. The SMILES string of the molecule is COc1ccc(-c2cc(C)c(F)cc2F)c(C(=O)O)c1. The van der Waals surface area contributed by atoms with Gasteiger partial charge in [-0.2, -0.15) is 0 Å². The maximum Gasteiger partial charge on any atom is 0.336 e. The Morgan fingerprint density at radius 1 is 1.10 bits per heavy atom. The lowest BCUT2D eigenvalue weighted by Gasteiger charge is -2.10. The molecular weight excluding hydrogens is 266 g/mol. The third kappa shape index (κ3) is 2.47. The quantitative estimate of drug-likeness (QED) is 0.932. The summed E-state index contributed by atoms with van der Waals surface area (Å²) in [6.45, 7) is 1.49. The predicted molar refractivity (Wildman–Crippen MR) is 70.0 cm³/mol. The van der Waals surface area contributed by atoms with E-state index in [2.05, 4.69) is 0 Å². The van der Waals surface area contributed by atoms with Crippen LogP contribution in [0.5, 0.6) is 5.75 Å². The predicted octanol–water partition coefficient (Wildman–Crippen LogP) is 3.65. The van der Waals surface area contributed by atoms with Gasteiger partial charge >= 0.3 is 5.97 Å². The topological polar surface area (TPSA) is 46.5 Å². The molecule has 104 valence electrons. The highest BCUT2D eigenvalue weighted by Gasteiger charge is 2.17. The number of hydrogen-bond acceptors (Lipinski definition) is 2. The Hall–Kier alpha value is -2.43. The van der Waals surface area contributed by atoms with Gasteiger partial charge in [0, 0.05) is 11.6 Å². The van der Waals surface area contributed by atoms with E-state index in [4.69, 9.17) is 4.74 Å². The molecule has 0 heterocycles. The smallest absolute Gasteiger partial charge is 0.336 e. The van der Waals surface area contributed by atoms with Gasteiger partial charge in [-0.25, -0.2) is 13.6 Å². The Labute approximate surface area is 114 Å². The summed E-state index contributed by atoms with van der Waals surface area (Å²) >= 11 is 0. The summed E-state index contributed by atoms with van der Waals surface area (Å²) in [6, 6.07) is 6.31. The van der Waals surface area contributed by atoms with Crippen molar-refractivity contribution in [2.24, 2.45) is 0 Å². The van der Waals surface area contributed by atoms with E-state index in [1.165, 1.54) is 38.3 Å². The van der Waals surface area contributed by atoms with E-state index in [-0.39, 0.29) is 22.3 Å². The Morgan fingerprint density at radius 3 is 2.40 bits per heavy atom. The Bertz CT molecular complexity index is 681. The molecule has 0 radical (unpaired) electrons. The molecule has 0 aliphatic rings. The van der Waals surface area contributed by atoms with Crippen LogP contribution in [0.1, 0.15) is 15.9 Å². The van der Waals surface area contributed by atoms with Gasteiger partial charge in [0.25, 0.3) is 0 Å². The average Bonchev–Trinajstić information content (AvgIpc) is 2.42. The van der Waals surface area contributed by atoms with Crippen molar-refractivity contribution >= 4 is 5.97 Å². The number of carbonyl (C=O) groups is 1. The third-order valence-corrected chi connectivity index (χ3v) is 3.00. The first kappa shape index (κ1) is 14.0. The molecule has 0 aliphatic heterocycles. The first-order valence-electron chi connectivity index (χ1n) is 5.81. The average molecular weight is 278 g/mol. The molecule has 0 aromatic heterocycles. The van der Waals surface area contributed by atoms with Crippen molar-refractivity contribution < 1.29 is 23.4 Å². The van der Waals surface area contributed by atoms with Crippen LogP contribution in [0.3, 0.4) is 0 Å². The van der Waals surface area contributed by atoms with E-state index in [0.29, 0.717) is 5.75 Å². The molecule has 3 nitrogen and oxygen atoms in total. The minimum atomic E-state index is -1.21. The molecule has 20 heavy (non-hydrogen) atoms. The number of carboxylic acids is 1. The van der Waals surface area contributed by atoms with Gasteiger partial charge in [0.2, 0.25) is 0 Å². The van der Waals surface area contributed by atoms with Crippen LogP contribution in [0.4, 0.5) is 8.78 Å². The lowest BCUT2D eigenvalue weighted by Crippen LogP contribution is -2.02. The number of ether oxygens (including phenoxy) is 1. The molecule has 5 heteroatoms. The van der Waals surface area contributed by atoms with Gasteiger partial charge in [0.15, 0.2) is 0 Å². The number of halogens is 2. The number of benzene rings is 2. The summed E-state index contributed by atoms with van der Waals surface area (Å²) in [5.41, 5.74) is 0.366. The summed E-state index contributed by atoms with van der Waals surface area (Å²) in [5, 5.41) is 9.21. The second-order valence-electron chi connectivity index (χ2n) is 4.30. The molecule has 0 fully saturated rings. The second-order valence-corrected chi connectivity index (χ2v) is 4.30. The normalized spacial score (nSPS) is 10.4. The van der Waals surface area contributed by atoms with E-state index in [9.17, 15) is 18.7 Å². The van der Waals surface area contributed by atoms with E-state index in [1.807, 2.05) is 0 Å². The van der Waals surface area contributed by atoms with Crippen molar-refractivity contribution in [3.63, 3.8) is 0 Å². The molecule has 2 rings (SSSR count). The van der Waals surface area contributed by atoms with E-state index >= 15 is 0 Å². The third-order valence-electron chi connectivity index (χ3n) is 3.00. The van der Waals surface area contributed by atoms with Gasteiger partial charge in [-0.1, -0.05) is 0 Å². The number of hydrogen-bond donors (Lipinski definition) is 1. The van der Waals surface area contributed by atoms with Gasteiger partial charge in [-0.05, 0) is 42.3 Å². The highest BCUT2D eigenvalue weighted by atomic mass is 19.1. The standard InChI is InChI=1S/C15H12F2O3/c1-8-5-11(14(17)7-13(8)16)10-4-3-9(20-2)6-12(10)15(18)19/h3-7H,1-2H3,(H,18,19). The Balaban J connectivity index is 2.69. The minimum absolute atomic E-state index is 0.0453. The number of carboxylic acid groups (broad SMARTS) is 1.